The molecule has 18 heavy (non-hydrogen) atoms. The summed E-state index contributed by atoms with van der Waals surface area (Å²) in [6, 6.07) is 7.52. The number of alkyl halides is 1. The Kier molecular flexibility index (Phi) is 4.54. The fourth-order valence-corrected chi connectivity index (χ4v) is 2.96. The lowest BCUT2D eigenvalue weighted by Crippen LogP contribution is -2.30. The molecule has 2 rings (SSSR count). The zero-order valence-electron chi connectivity index (χ0n) is 9.85. The third-order valence-electron chi connectivity index (χ3n) is 2.48. The van der Waals surface area contributed by atoms with Crippen LogP contribution in [0.1, 0.15) is 6.42 Å². The third kappa shape index (κ3) is 3.00. The second kappa shape index (κ2) is 6.15. The first-order valence-corrected chi connectivity index (χ1v) is 7.44. The number of methoxy groups -OCH3 is 1. The van der Waals surface area contributed by atoms with Gasteiger partial charge in [0.1, 0.15) is 6.04 Å². The molecule has 0 fully saturated rings. The van der Waals surface area contributed by atoms with Gasteiger partial charge in [-0.25, -0.2) is 9.78 Å². The van der Waals surface area contributed by atoms with E-state index < -0.39 is 0 Å². The summed E-state index contributed by atoms with van der Waals surface area (Å²) in [6.07, 6.45) is 0.655. The van der Waals surface area contributed by atoms with Gasteiger partial charge >= 0.3 is 5.97 Å². The minimum Gasteiger partial charge on any atom is -0.467 e. The Labute approximate surface area is 117 Å². The summed E-state index contributed by atoms with van der Waals surface area (Å²) in [7, 11) is 1.39. The van der Waals surface area contributed by atoms with Gasteiger partial charge < -0.3 is 10.1 Å². The highest BCUT2D eigenvalue weighted by molar-refractivity contribution is 9.09. The quantitative estimate of drug-likeness (QED) is 0.677. The number of nitrogens with zero attached hydrogens (tertiary/aromatic N) is 1. The molecule has 1 heterocycles. The van der Waals surface area contributed by atoms with Gasteiger partial charge in [0.2, 0.25) is 0 Å². The van der Waals surface area contributed by atoms with Crippen LogP contribution in [0.15, 0.2) is 24.3 Å². The molecule has 0 aliphatic heterocycles. The van der Waals surface area contributed by atoms with E-state index in [9.17, 15) is 4.79 Å². The van der Waals surface area contributed by atoms with Crippen molar-refractivity contribution in [3.05, 3.63) is 24.3 Å². The molecule has 0 aliphatic carbocycles. The van der Waals surface area contributed by atoms with Crippen LogP contribution >= 0.6 is 27.3 Å². The predicted octanol–water partition coefficient (Wildman–Crippen LogP) is 3.03. The van der Waals surface area contributed by atoms with Crippen molar-refractivity contribution in [3.63, 3.8) is 0 Å². The lowest BCUT2D eigenvalue weighted by molar-refractivity contribution is -0.141. The molecule has 1 N–H and O–H groups in total. The van der Waals surface area contributed by atoms with Crippen molar-refractivity contribution in [2.45, 2.75) is 12.5 Å². The van der Waals surface area contributed by atoms with Crippen LogP contribution in [0.4, 0.5) is 5.13 Å². The van der Waals surface area contributed by atoms with Crippen LogP contribution in [0, 0.1) is 0 Å². The summed E-state index contributed by atoms with van der Waals surface area (Å²) in [5.41, 5.74) is 0.937. The maximum absolute atomic E-state index is 11.6. The molecule has 1 atom stereocenters. The van der Waals surface area contributed by atoms with E-state index in [2.05, 4.69) is 26.2 Å². The van der Waals surface area contributed by atoms with Crippen LogP contribution in [-0.4, -0.2) is 29.4 Å². The van der Waals surface area contributed by atoms with E-state index in [0.29, 0.717) is 6.42 Å². The molecule has 1 unspecified atom stereocenters. The van der Waals surface area contributed by atoms with Crippen molar-refractivity contribution in [2.24, 2.45) is 0 Å². The number of carbonyl (C=O) groups excluding carboxylic acids is 1. The standard InChI is InChI=1S/C12H13BrN2O2S/c1-17-11(16)9(6-7-13)15-12-14-8-4-2-3-5-10(8)18-12/h2-5,9H,6-7H2,1H3,(H,14,15). The van der Waals surface area contributed by atoms with Gasteiger partial charge in [0, 0.05) is 5.33 Å². The minimum absolute atomic E-state index is 0.270. The van der Waals surface area contributed by atoms with Crippen molar-refractivity contribution in [1.82, 2.24) is 4.98 Å². The number of carbonyl (C=O) groups is 1. The van der Waals surface area contributed by atoms with Gasteiger partial charge in [0.25, 0.3) is 0 Å². The topological polar surface area (TPSA) is 51.2 Å². The zero-order chi connectivity index (χ0) is 13.0. The fourth-order valence-electron chi connectivity index (χ4n) is 1.58. The number of hydrogen-bond acceptors (Lipinski definition) is 5. The summed E-state index contributed by atoms with van der Waals surface area (Å²) < 4.78 is 5.87. The minimum atomic E-state index is -0.366. The molecule has 4 nitrogen and oxygen atoms in total. The molecule has 1 aromatic carbocycles. The Morgan fingerprint density at radius 2 is 2.33 bits per heavy atom. The first-order chi connectivity index (χ1) is 8.74. The van der Waals surface area contributed by atoms with Crippen molar-refractivity contribution in [1.29, 1.82) is 0 Å². The molecule has 1 aromatic heterocycles. The smallest absolute Gasteiger partial charge is 0.328 e. The second-order valence-electron chi connectivity index (χ2n) is 3.68. The predicted molar refractivity (Wildman–Crippen MR) is 77.5 cm³/mol. The molecule has 0 radical (unpaired) electrons. The number of benzene rings is 1. The molecular formula is C12H13BrN2O2S. The fraction of sp³-hybridized carbons (Fsp3) is 0.333. The summed E-state index contributed by atoms with van der Waals surface area (Å²) in [4.78, 5) is 16.0. The van der Waals surface area contributed by atoms with Crippen LogP contribution in [0.5, 0.6) is 0 Å². The van der Waals surface area contributed by atoms with Crippen LogP contribution in [-0.2, 0) is 9.53 Å². The highest BCUT2D eigenvalue weighted by Gasteiger charge is 2.19. The van der Waals surface area contributed by atoms with Gasteiger partial charge in [-0.15, -0.1) is 0 Å². The number of anilines is 1. The van der Waals surface area contributed by atoms with Gasteiger partial charge in [0.15, 0.2) is 5.13 Å². The SMILES string of the molecule is COC(=O)C(CCBr)Nc1nc2ccccc2s1. The third-order valence-corrected chi connectivity index (χ3v) is 3.90. The Morgan fingerprint density at radius 1 is 1.56 bits per heavy atom. The van der Waals surface area contributed by atoms with Gasteiger partial charge in [-0.05, 0) is 18.6 Å². The summed E-state index contributed by atoms with van der Waals surface area (Å²) >= 11 is 4.86. The highest BCUT2D eigenvalue weighted by Crippen LogP contribution is 2.26. The maximum Gasteiger partial charge on any atom is 0.328 e. The number of aromatic nitrogens is 1. The lowest BCUT2D eigenvalue weighted by Gasteiger charge is -2.13. The number of rotatable bonds is 5. The van der Waals surface area contributed by atoms with Crippen LogP contribution < -0.4 is 5.32 Å². The Hall–Kier alpha value is -1.14. The van der Waals surface area contributed by atoms with Gasteiger partial charge in [0.05, 0.1) is 17.3 Å². The highest BCUT2D eigenvalue weighted by atomic mass is 79.9. The zero-order valence-corrected chi connectivity index (χ0v) is 12.3. The van der Waals surface area contributed by atoms with E-state index in [4.69, 9.17) is 4.74 Å². The van der Waals surface area contributed by atoms with E-state index in [1.165, 1.54) is 18.4 Å². The number of ether oxygens (including phenoxy) is 1. The summed E-state index contributed by atoms with van der Waals surface area (Å²) in [5, 5.41) is 4.59. The van der Waals surface area contributed by atoms with E-state index in [0.717, 1.165) is 20.7 Å². The number of esters is 1. The number of thiazole rings is 1. The van der Waals surface area contributed by atoms with Crippen LogP contribution in [0.3, 0.4) is 0 Å². The average Bonchev–Trinajstić information content (AvgIpc) is 2.79. The van der Waals surface area contributed by atoms with Crippen molar-refractivity contribution in [3.8, 4) is 0 Å². The molecule has 0 amide bonds. The first-order valence-electron chi connectivity index (χ1n) is 5.50. The molecule has 0 bridgehead atoms. The normalized spacial score (nSPS) is 12.3. The second-order valence-corrected chi connectivity index (χ2v) is 5.51. The molecule has 96 valence electrons. The summed E-state index contributed by atoms with van der Waals surface area (Å²) in [6.45, 7) is 0. The monoisotopic (exact) mass is 328 g/mol. The molecule has 0 saturated heterocycles. The van der Waals surface area contributed by atoms with E-state index >= 15 is 0 Å². The average molecular weight is 329 g/mol. The van der Waals surface area contributed by atoms with E-state index in [-0.39, 0.29) is 12.0 Å². The number of halogens is 1. The van der Waals surface area contributed by atoms with Crippen molar-refractivity contribution >= 4 is 48.6 Å². The molecule has 2 aromatic rings. The number of nitrogens with one attached hydrogen (secondary N) is 1. The first kappa shape index (κ1) is 13.3. The molecule has 0 spiro atoms. The number of para-hydroxylation sites is 1. The van der Waals surface area contributed by atoms with E-state index in [1.807, 2.05) is 24.3 Å². The molecular weight excluding hydrogens is 316 g/mol. The van der Waals surface area contributed by atoms with Crippen LogP contribution in [0.25, 0.3) is 10.2 Å². The van der Waals surface area contributed by atoms with Crippen LogP contribution in [0.2, 0.25) is 0 Å². The van der Waals surface area contributed by atoms with Gasteiger partial charge in [-0.2, -0.15) is 0 Å². The maximum atomic E-state index is 11.6. The van der Waals surface area contributed by atoms with Crippen molar-refractivity contribution in [2.75, 3.05) is 17.8 Å². The number of fused-ring (bicyclic) bond motifs is 1. The largest absolute Gasteiger partial charge is 0.467 e. The Balaban J connectivity index is 2.17. The van der Waals surface area contributed by atoms with Gasteiger partial charge in [-0.1, -0.05) is 39.4 Å². The Morgan fingerprint density at radius 3 is 3.00 bits per heavy atom. The lowest BCUT2D eigenvalue weighted by atomic mass is 10.2. The van der Waals surface area contributed by atoms with E-state index in [1.54, 1.807) is 0 Å². The number of hydrogen-bond donors (Lipinski definition) is 1. The summed E-state index contributed by atoms with van der Waals surface area (Å²) in [5.74, 6) is -0.270. The van der Waals surface area contributed by atoms with Crippen molar-refractivity contribution < 1.29 is 9.53 Å². The van der Waals surface area contributed by atoms with Gasteiger partial charge in [-0.3, -0.25) is 0 Å². The Bertz CT molecular complexity index is 511. The molecule has 0 aliphatic rings. The molecule has 0 saturated carbocycles. The molecule has 6 heteroatoms.